The molecular formula is C18H19BrN2O. The average molecular weight is 359 g/mol. The number of carbonyl (C=O) groups is 1. The SMILES string of the molecule is C/C(=N\NC(=O)Cc1ccc(Br)cc1)c1cc(C)ccc1C. The van der Waals surface area contributed by atoms with Crippen molar-refractivity contribution in [3.63, 3.8) is 0 Å². The summed E-state index contributed by atoms with van der Waals surface area (Å²) in [6, 6.07) is 13.9. The average Bonchev–Trinajstić information content (AvgIpc) is 2.49. The van der Waals surface area contributed by atoms with Gasteiger partial charge in [0.25, 0.3) is 0 Å². The second-order valence-corrected chi connectivity index (χ2v) is 6.27. The van der Waals surface area contributed by atoms with E-state index in [9.17, 15) is 4.79 Å². The molecule has 4 heteroatoms. The number of rotatable bonds is 4. The first-order chi connectivity index (χ1) is 10.5. The zero-order valence-electron chi connectivity index (χ0n) is 13.0. The van der Waals surface area contributed by atoms with E-state index in [4.69, 9.17) is 0 Å². The molecule has 0 heterocycles. The van der Waals surface area contributed by atoms with E-state index < -0.39 is 0 Å². The fourth-order valence-electron chi connectivity index (χ4n) is 2.16. The monoisotopic (exact) mass is 358 g/mol. The van der Waals surface area contributed by atoms with E-state index in [0.717, 1.165) is 26.9 Å². The van der Waals surface area contributed by atoms with Crippen LogP contribution in [0.2, 0.25) is 0 Å². The molecule has 0 spiro atoms. The van der Waals surface area contributed by atoms with E-state index in [0.29, 0.717) is 6.42 Å². The highest BCUT2D eigenvalue weighted by Gasteiger charge is 2.05. The Morgan fingerprint density at radius 2 is 1.82 bits per heavy atom. The van der Waals surface area contributed by atoms with Crippen molar-refractivity contribution >= 4 is 27.5 Å². The molecule has 0 aliphatic heterocycles. The number of carbonyl (C=O) groups excluding carboxylic acids is 1. The van der Waals surface area contributed by atoms with Crippen LogP contribution in [0.15, 0.2) is 52.0 Å². The van der Waals surface area contributed by atoms with Gasteiger partial charge in [0.1, 0.15) is 0 Å². The Kier molecular flexibility index (Phi) is 5.50. The van der Waals surface area contributed by atoms with Gasteiger partial charge in [-0.2, -0.15) is 5.10 Å². The summed E-state index contributed by atoms with van der Waals surface area (Å²) in [5, 5.41) is 4.22. The van der Waals surface area contributed by atoms with Gasteiger partial charge in [0.2, 0.25) is 5.91 Å². The van der Waals surface area contributed by atoms with Gasteiger partial charge in [-0.25, -0.2) is 5.43 Å². The second kappa shape index (κ2) is 7.36. The second-order valence-electron chi connectivity index (χ2n) is 5.35. The topological polar surface area (TPSA) is 41.5 Å². The number of halogens is 1. The van der Waals surface area contributed by atoms with Crippen LogP contribution in [0.1, 0.15) is 29.2 Å². The van der Waals surface area contributed by atoms with Crippen molar-refractivity contribution in [3.05, 3.63) is 69.2 Å². The minimum absolute atomic E-state index is 0.119. The summed E-state index contributed by atoms with van der Waals surface area (Å²) in [5.74, 6) is -0.119. The predicted octanol–water partition coefficient (Wildman–Crippen LogP) is 4.15. The molecule has 2 aromatic carbocycles. The van der Waals surface area contributed by atoms with E-state index >= 15 is 0 Å². The molecule has 0 saturated carbocycles. The number of aryl methyl sites for hydroxylation is 2. The Bertz CT molecular complexity index is 706. The van der Waals surface area contributed by atoms with Crippen molar-refractivity contribution in [1.82, 2.24) is 5.43 Å². The maximum atomic E-state index is 12.0. The lowest BCUT2D eigenvalue weighted by molar-refractivity contribution is -0.120. The van der Waals surface area contributed by atoms with Gasteiger partial charge in [-0.1, -0.05) is 45.8 Å². The van der Waals surface area contributed by atoms with Crippen LogP contribution in [0.25, 0.3) is 0 Å². The van der Waals surface area contributed by atoms with Crippen molar-refractivity contribution in [2.75, 3.05) is 0 Å². The molecule has 1 amide bonds. The molecule has 22 heavy (non-hydrogen) atoms. The molecule has 0 aliphatic rings. The maximum Gasteiger partial charge on any atom is 0.244 e. The first-order valence-electron chi connectivity index (χ1n) is 7.11. The summed E-state index contributed by atoms with van der Waals surface area (Å²) >= 11 is 3.38. The lowest BCUT2D eigenvalue weighted by Crippen LogP contribution is -2.21. The van der Waals surface area contributed by atoms with E-state index in [-0.39, 0.29) is 5.91 Å². The minimum atomic E-state index is -0.119. The van der Waals surface area contributed by atoms with Gasteiger partial charge in [-0.3, -0.25) is 4.79 Å². The molecule has 1 N–H and O–H groups in total. The van der Waals surface area contributed by atoms with Crippen molar-refractivity contribution in [2.24, 2.45) is 5.10 Å². The predicted molar refractivity (Wildman–Crippen MR) is 94.1 cm³/mol. The van der Waals surface area contributed by atoms with Crippen LogP contribution in [0.5, 0.6) is 0 Å². The van der Waals surface area contributed by atoms with Gasteiger partial charge in [0.05, 0.1) is 12.1 Å². The molecule has 0 bridgehead atoms. The van der Waals surface area contributed by atoms with Crippen molar-refractivity contribution < 1.29 is 4.79 Å². The van der Waals surface area contributed by atoms with Crippen LogP contribution in [0, 0.1) is 13.8 Å². The fraction of sp³-hybridized carbons (Fsp3) is 0.222. The molecule has 2 aromatic rings. The summed E-state index contributed by atoms with van der Waals surface area (Å²) in [6.07, 6.45) is 0.316. The van der Waals surface area contributed by atoms with Gasteiger partial charge in [-0.05, 0) is 50.1 Å². The van der Waals surface area contributed by atoms with E-state index in [1.165, 1.54) is 5.56 Å². The Morgan fingerprint density at radius 1 is 1.14 bits per heavy atom. The molecule has 0 radical (unpaired) electrons. The standard InChI is InChI=1S/C18H19BrN2O/c1-12-4-5-13(2)17(10-12)14(3)20-21-18(22)11-15-6-8-16(19)9-7-15/h4-10H,11H2,1-3H3,(H,21,22)/b20-14+. The van der Waals surface area contributed by atoms with Crippen LogP contribution in [-0.2, 0) is 11.2 Å². The molecule has 2 rings (SSSR count). The summed E-state index contributed by atoms with van der Waals surface area (Å²) in [4.78, 5) is 12.0. The Labute approximate surface area is 139 Å². The zero-order valence-corrected chi connectivity index (χ0v) is 14.6. The minimum Gasteiger partial charge on any atom is -0.273 e. The lowest BCUT2D eigenvalue weighted by atomic mass is 10.0. The van der Waals surface area contributed by atoms with Crippen LogP contribution < -0.4 is 5.43 Å². The van der Waals surface area contributed by atoms with Gasteiger partial charge in [-0.15, -0.1) is 0 Å². The molecule has 0 aliphatic carbocycles. The zero-order chi connectivity index (χ0) is 16.1. The maximum absolute atomic E-state index is 12.0. The molecule has 114 valence electrons. The first kappa shape index (κ1) is 16.4. The number of hydrazone groups is 1. The number of nitrogens with one attached hydrogen (secondary N) is 1. The summed E-state index contributed by atoms with van der Waals surface area (Å²) in [7, 11) is 0. The summed E-state index contributed by atoms with van der Waals surface area (Å²) < 4.78 is 1.00. The van der Waals surface area contributed by atoms with Crippen LogP contribution >= 0.6 is 15.9 Å². The van der Waals surface area contributed by atoms with Gasteiger partial charge < -0.3 is 0 Å². The third-order valence-corrected chi connectivity index (χ3v) is 3.94. The number of hydrogen-bond donors (Lipinski definition) is 1. The number of benzene rings is 2. The van der Waals surface area contributed by atoms with Crippen molar-refractivity contribution in [1.29, 1.82) is 0 Å². The van der Waals surface area contributed by atoms with Crippen molar-refractivity contribution in [3.8, 4) is 0 Å². The van der Waals surface area contributed by atoms with E-state index in [2.05, 4.69) is 44.7 Å². The van der Waals surface area contributed by atoms with Crippen LogP contribution in [0.4, 0.5) is 0 Å². The highest BCUT2D eigenvalue weighted by molar-refractivity contribution is 9.10. The molecule has 3 nitrogen and oxygen atoms in total. The van der Waals surface area contributed by atoms with Crippen LogP contribution in [0.3, 0.4) is 0 Å². The van der Waals surface area contributed by atoms with Gasteiger partial charge in [0, 0.05) is 10.0 Å². The highest BCUT2D eigenvalue weighted by Crippen LogP contribution is 2.12. The quantitative estimate of drug-likeness (QED) is 0.647. The number of hydrogen-bond acceptors (Lipinski definition) is 2. The largest absolute Gasteiger partial charge is 0.273 e. The first-order valence-corrected chi connectivity index (χ1v) is 7.90. The summed E-state index contributed by atoms with van der Waals surface area (Å²) in [5.41, 5.74) is 7.78. The van der Waals surface area contributed by atoms with Gasteiger partial charge >= 0.3 is 0 Å². The molecule has 0 aromatic heterocycles. The fourth-order valence-corrected chi connectivity index (χ4v) is 2.42. The third-order valence-electron chi connectivity index (χ3n) is 3.41. The Hall–Kier alpha value is -1.94. The lowest BCUT2D eigenvalue weighted by Gasteiger charge is -2.07. The normalized spacial score (nSPS) is 11.4. The Morgan fingerprint density at radius 3 is 2.50 bits per heavy atom. The van der Waals surface area contributed by atoms with Crippen LogP contribution in [-0.4, -0.2) is 11.6 Å². The molecule has 0 unspecified atom stereocenters. The molecule has 0 fully saturated rings. The molecule has 0 atom stereocenters. The number of amides is 1. The molecule has 0 saturated heterocycles. The third kappa shape index (κ3) is 4.53. The van der Waals surface area contributed by atoms with E-state index in [1.807, 2.05) is 45.0 Å². The van der Waals surface area contributed by atoms with Crippen molar-refractivity contribution in [2.45, 2.75) is 27.2 Å². The van der Waals surface area contributed by atoms with E-state index in [1.54, 1.807) is 0 Å². The molecular weight excluding hydrogens is 340 g/mol. The number of nitrogens with zero attached hydrogens (tertiary/aromatic N) is 1. The smallest absolute Gasteiger partial charge is 0.244 e. The highest BCUT2D eigenvalue weighted by atomic mass is 79.9. The Balaban J connectivity index is 2.02. The summed E-state index contributed by atoms with van der Waals surface area (Å²) in [6.45, 7) is 5.99. The van der Waals surface area contributed by atoms with Gasteiger partial charge in [0.15, 0.2) is 0 Å².